The summed E-state index contributed by atoms with van der Waals surface area (Å²) in [6.07, 6.45) is 0. The largest absolute Gasteiger partial charge is 0.383 e. The van der Waals surface area contributed by atoms with Gasteiger partial charge in [-0.15, -0.1) is 11.3 Å². The molecule has 124 valence electrons. The van der Waals surface area contributed by atoms with E-state index < -0.39 is 0 Å². The van der Waals surface area contributed by atoms with Gasteiger partial charge in [0.1, 0.15) is 0 Å². The quantitative estimate of drug-likeness (QED) is 0.645. The SMILES string of the molecule is COCC(C)n1c(-c2ccccc2)csc1=Nc1cccc(C)c1. The number of benzene rings is 2. The molecule has 0 aliphatic carbocycles. The Hall–Kier alpha value is -2.17. The molecule has 1 atom stereocenters. The van der Waals surface area contributed by atoms with E-state index in [1.807, 2.05) is 18.2 Å². The highest BCUT2D eigenvalue weighted by Gasteiger charge is 2.13. The maximum absolute atomic E-state index is 5.38. The highest BCUT2D eigenvalue weighted by molar-refractivity contribution is 7.07. The van der Waals surface area contributed by atoms with Crippen LogP contribution >= 0.6 is 11.3 Å². The van der Waals surface area contributed by atoms with E-state index in [0.717, 1.165) is 10.5 Å². The number of thiazole rings is 1. The van der Waals surface area contributed by atoms with Crippen LogP contribution in [0.2, 0.25) is 0 Å². The molecule has 0 fully saturated rings. The Labute approximate surface area is 146 Å². The normalized spacial score (nSPS) is 13.2. The van der Waals surface area contributed by atoms with Gasteiger partial charge in [0.05, 0.1) is 24.0 Å². The molecule has 3 nitrogen and oxygen atoms in total. The summed E-state index contributed by atoms with van der Waals surface area (Å²) in [5.74, 6) is 0. The van der Waals surface area contributed by atoms with Crippen LogP contribution in [0.5, 0.6) is 0 Å². The summed E-state index contributed by atoms with van der Waals surface area (Å²) in [6, 6.07) is 18.9. The molecule has 0 aliphatic heterocycles. The van der Waals surface area contributed by atoms with E-state index in [2.05, 4.69) is 60.2 Å². The lowest BCUT2D eigenvalue weighted by Crippen LogP contribution is -2.22. The lowest BCUT2D eigenvalue weighted by atomic mass is 10.1. The molecule has 0 amide bonds. The van der Waals surface area contributed by atoms with E-state index >= 15 is 0 Å². The van der Waals surface area contributed by atoms with Crippen molar-refractivity contribution >= 4 is 17.0 Å². The van der Waals surface area contributed by atoms with Crippen LogP contribution in [0.4, 0.5) is 5.69 Å². The van der Waals surface area contributed by atoms with Crippen molar-refractivity contribution < 1.29 is 4.74 Å². The molecule has 0 saturated carbocycles. The summed E-state index contributed by atoms with van der Waals surface area (Å²) in [7, 11) is 1.74. The van der Waals surface area contributed by atoms with Crippen molar-refractivity contribution in [2.45, 2.75) is 19.9 Å². The Morgan fingerprint density at radius 2 is 1.92 bits per heavy atom. The third-order valence-corrected chi connectivity index (χ3v) is 4.73. The monoisotopic (exact) mass is 338 g/mol. The molecule has 2 aromatic carbocycles. The van der Waals surface area contributed by atoms with Crippen LogP contribution in [-0.2, 0) is 4.74 Å². The zero-order valence-corrected chi connectivity index (χ0v) is 15.1. The van der Waals surface area contributed by atoms with Gasteiger partial charge in [0.15, 0.2) is 4.80 Å². The van der Waals surface area contributed by atoms with Crippen LogP contribution in [0, 0.1) is 6.92 Å². The fourth-order valence-corrected chi connectivity index (χ4v) is 3.79. The zero-order valence-electron chi connectivity index (χ0n) is 14.3. The van der Waals surface area contributed by atoms with Gasteiger partial charge in [0, 0.05) is 12.5 Å². The molecule has 4 heteroatoms. The lowest BCUT2D eigenvalue weighted by Gasteiger charge is -2.16. The van der Waals surface area contributed by atoms with Crippen LogP contribution in [0.1, 0.15) is 18.5 Å². The fraction of sp³-hybridized carbons (Fsp3) is 0.250. The molecule has 0 spiro atoms. The number of nitrogens with zero attached hydrogens (tertiary/aromatic N) is 2. The third kappa shape index (κ3) is 3.66. The van der Waals surface area contributed by atoms with Gasteiger partial charge in [-0.05, 0) is 37.1 Å². The number of hydrogen-bond donors (Lipinski definition) is 0. The van der Waals surface area contributed by atoms with Crippen molar-refractivity contribution in [2.75, 3.05) is 13.7 Å². The van der Waals surface area contributed by atoms with Gasteiger partial charge in [-0.25, -0.2) is 4.99 Å². The summed E-state index contributed by atoms with van der Waals surface area (Å²) in [5, 5.41) is 2.18. The summed E-state index contributed by atoms with van der Waals surface area (Å²) in [6.45, 7) is 4.90. The molecule has 1 heterocycles. The first kappa shape index (κ1) is 16.7. The smallest absolute Gasteiger partial charge is 0.190 e. The highest BCUT2D eigenvalue weighted by atomic mass is 32.1. The van der Waals surface area contributed by atoms with Crippen LogP contribution < -0.4 is 4.80 Å². The number of rotatable bonds is 5. The first-order valence-electron chi connectivity index (χ1n) is 8.05. The number of aromatic nitrogens is 1. The molecule has 1 unspecified atom stereocenters. The number of aryl methyl sites for hydroxylation is 1. The van der Waals surface area contributed by atoms with Crippen LogP contribution in [0.3, 0.4) is 0 Å². The summed E-state index contributed by atoms with van der Waals surface area (Å²) in [5.41, 5.74) is 4.57. The lowest BCUT2D eigenvalue weighted by molar-refractivity contribution is 0.162. The second-order valence-electron chi connectivity index (χ2n) is 5.89. The summed E-state index contributed by atoms with van der Waals surface area (Å²) >= 11 is 1.67. The topological polar surface area (TPSA) is 26.5 Å². The summed E-state index contributed by atoms with van der Waals surface area (Å²) in [4.78, 5) is 5.87. The van der Waals surface area contributed by atoms with Gasteiger partial charge < -0.3 is 9.30 Å². The Morgan fingerprint density at radius 1 is 1.12 bits per heavy atom. The van der Waals surface area contributed by atoms with Crippen molar-refractivity contribution in [3.05, 3.63) is 70.3 Å². The van der Waals surface area contributed by atoms with Gasteiger partial charge in [0.2, 0.25) is 0 Å². The van der Waals surface area contributed by atoms with Gasteiger partial charge in [-0.1, -0.05) is 42.5 Å². The van der Waals surface area contributed by atoms with Crippen molar-refractivity contribution in [3.8, 4) is 11.3 Å². The fourth-order valence-electron chi connectivity index (χ4n) is 2.77. The second-order valence-corrected chi connectivity index (χ2v) is 6.73. The molecular weight excluding hydrogens is 316 g/mol. The third-order valence-electron chi connectivity index (χ3n) is 3.89. The Kier molecular flexibility index (Phi) is 5.28. The van der Waals surface area contributed by atoms with Gasteiger partial charge in [0.25, 0.3) is 0 Å². The predicted octanol–water partition coefficient (Wildman–Crippen LogP) is 4.96. The molecular formula is C20H22N2OS. The molecule has 0 aliphatic rings. The van der Waals surface area contributed by atoms with Gasteiger partial charge in [-0.2, -0.15) is 0 Å². The highest BCUT2D eigenvalue weighted by Crippen LogP contribution is 2.24. The average molecular weight is 338 g/mol. The van der Waals surface area contributed by atoms with E-state index in [1.165, 1.54) is 16.8 Å². The van der Waals surface area contributed by atoms with Gasteiger partial charge in [-0.3, -0.25) is 0 Å². The van der Waals surface area contributed by atoms with Crippen molar-refractivity contribution in [2.24, 2.45) is 4.99 Å². The van der Waals surface area contributed by atoms with Crippen molar-refractivity contribution in [3.63, 3.8) is 0 Å². The van der Waals surface area contributed by atoms with Crippen molar-refractivity contribution in [1.82, 2.24) is 4.57 Å². The molecule has 3 rings (SSSR count). The first-order chi connectivity index (χ1) is 11.7. The standard InChI is InChI=1S/C20H22N2OS/c1-15-8-7-11-18(12-15)21-20-22(16(2)13-23-3)19(14-24-20)17-9-5-4-6-10-17/h4-12,14,16H,13H2,1-3H3. The summed E-state index contributed by atoms with van der Waals surface area (Å²) < 4.78 is 7.65. The number of hydrogen-bond acceptors (Lipinski definition) is 3. The average Bonchev–Trinajstić information content (AvgIpc) is 2.99. The van der Waals surface area contributed by atoms with Crippen LogP contribution in [0.15, 0.2) is 65.0 Å². The Bertz CT molecular complexity index is 865. The zero-order chi connectivity index (χ0) is 16.9. The maximum Gasteiger partial charge on any atom is 0.190 e. The molecule has 0 radical (unpaired) electrons. The van der Waals surface area contributed by atoms with E-state index in [9.17, 15) is 0 Å². The molecule has 24 heavy (non-hydrogen) atoms. The molecule has 0 saturated heterocycles. The number of ether oxygens (including phenoxy) is 1. The van der Waals surface area contributed by atoms with Gasteiger partial charge >= 0.3 is 0 Å². The van der Waals surface area contributed by atoms with Crippen LogP contribution in [0.25, 0.3) is 11.3 Å². The van der Waals surface area contributed by atoms with E-state index in [4.69, 9.17) is 9.73 Å². The molecule has 3 aromatic rings. The molecule has 0 bridgehead atoms. The van der Waals surface area contributed by atoms with Crippen molar-refractivity contribution in [1.29, 1.82) is 0 Å². The minimum absolute atomic E-state index is 0.208. The molecule has 1 aromatic heterocycles. The number of methoxy groups -OCH3 is 1. The first-order valence-corrected chi connectivity index (χ1v) is 8.93. The van der Waals surface area contributed by atoms with E-state index in [0.29, 0.717) is 6.61 Å². The van der Waals surface area contributed by atoms with Crippen LogP contribution in [-0.4, -0.2) is 18.3 Å². The maximum atomic E-state index is 5.38. The Morgan fingerprint density at radius 3 is 2.62 bits per heavy atom. The molecule has 0 N–H and O–H groups in total. The Balaban J connectivity index is 2.15. The minimum atomic E-state index is 0.208. The van der Waals surface area contributed by atoms with E-state index in [-0.39, 0.29) is 6.04 Å². The van der Waals surface area contributed by atoms with E-state index in [1.54, 1.807) is 18.4 Å². The second kappa shape index (κ2) is 7.60. The minimum Gasteiger partial charge on any atom is -0.383 e. The predicted molar refractivity (Wildman–Crippen MR) is 101 cm³/mol.